The van der Waals surface area contributed by atoms with Gasteiger partial charge in [0.2, 0.25) is 5.91 Å². The minimum atomic E-state index is -0.855. The van der Waals surface area contributed by atoms with Crippen molar-refractivity contribution in [3.8, 4) is 0 Å². The summed E-state index contributed by atoms with van der Waals surface area (Å²) in [6.45, 7) is 2.23. The number of hydrogen-bond donors (Lipinski definition) is 2. The van der Waals surface area contributed by atoms with Gasteiger partial charge in [-0.25, -0.2) is 0 Å². The van der Waals surface area contributed by atoms with Gasteiger partial charge in [0.25, 0.3) is 0 Å². The van der Waals surface area contributed by atoms with Crippen LogP contribution in [0.15, 0.2) is 24.3 Å². The molecule has 1 atom stereocenters. The molecule has 1 amide bonds. The number of carboxylic acid groups (broad SMARTS) is 1. The van der Waals surface area contributed by atoms with Gasteiger partial charge in [-0.05, 0) is 43.9 Å². The van der Waals surface area contributed by atoms with Crippen molar-refractivity contribution in [2.75, 3.05) is 19.0 Å². The van der Waals surface area contributed by atoms with Crippen LogP contribution in [0.1, 0.15) is 50.5 Å². The first-order valence-electron chi connectivity index (χ1n) is 8.12. The Bertz CT molecular complexity index is 547. The summed E-state index contributed by atoms with van der Waals surface area (Å²) in [5, 5.41) is 12.0. The number of carbonyl (C=O) groups excluding carboxylic acids is 1. The van der Waals surface area contributed by atoms with Crippen LogP contribution < -0.4 is 5.32 Å². The molecule has 0 aromatic heterocycles. The maximum atomic E-state index is 12.7. The highest BCUT2D eigenvalue weighted by molar-refractivity contribution is 5.95. The number of aliphatic carboxylic acids is 1. The Balaban J connectivity index is 2.05. The van der Waals surface area contributed by atoms with Gasteiger partial charge in [0.15, 0.2) is 0 Å². The second-order valence-corrected chi connectivity index (χ2v) is 6.37. The van der Waals surface area contributed by atoms with E-state index in [9.17, 15) is 9.59 Å². The van der Waals surface area contributed by atoms with E-state index in [0.717, 1.165) is 37.7 Å². The van der Waals surface area contributed by atoms with Crippen LogP contribution >= 0.6 is 0 Å². The molecule has 126 valence electrons. The molecule has 5 nitrogen and oxygen atoms in total. The first-order valence-corrected chi connectivity index (χ1v) is 8.12. The average molecular weight is 319 g/mol. The molecule has 0 saturated heterocycles. The van der Waals surface area contributed by atoms with Crippen molar-refractivity contribution in [2.24, 2.45) is 5.41 Å². The van der Waals surface area contributed by atoms with Crippen LogP contribution in [0.3, 0.4) is 0 Å². The maximum Gasteiger partial charge on any atom is 0.310 e. The van der Waals surface area contributed by atoms with Crippen LogP contribution in [-0.2, 0) is 14.3 Å². The molecule has 0 spiro atoms. The third kappa shape index (κ3) is 4.10. The zero-order valence-corrected chi connectivity index (χ0v) is 13.8. The van der Waals surface area contributed by atoms with Crippen molar-refractivity contribution in [1.29, 1.82) is 0 Å². The van der Waals surface area contributed by atoms with Gasteiger partial charge >= 0.3 is 5.97 Å². The number of amides is 1. The molecule has 1 aromatic rings. The van der Waals surface area contributed by atoms with Gasteiger partial charge < -0.3 is 15.2 Å². The standard InChI is InChI=1S/C18H25NO4/c1-13(16(20)21)14-5-7-15(8-6-14)19-17(22)18(11-12-23-2)9-3-4-10-18/h5-8,13H,3-4,9-12H2,1-2H3,(H,19,22)(H,20,21). The molecule has 1 aromatic carbocycles. The number of anilines is 1. The van der Waals surface area contributed by atoms with Crippen LogP contribution in [0, 0.1) is 5.41 Å². The molecule has 1 aliphatic carbocycles. The Morgan fingerprint density at radius 1 is 1.26 bits per heavy atom. The van der Waals surface area contributed by atoms with Crippen molar-refractivity contribution < 1.29 is 19.4 Å². The highest BCUT2D eigenvalue weighted by Gasteiger charge is 2.40. The minimum absolute atomic E-state index is 0.0473. The topological polar surface area (TPSA) is 75.6 Å². The molecule has 1 fully saturated rings. The lowest BCUT2D eigenvalue weighted by molar-refractivity contribution is -0.138. The molecule has 2 N–H and O–H groups in total. The Morgan fingerprint density at radius 3 is 2.39 bits per heavy atom. The maximum absolute atomic E-state index is 12.7. The molecule has 0 aliphatic heterocycles. The van der Waals surface area contributed by atoms with E-state index in [-0.39, 0.29) is 11.3 Å². The van der Waals surface area contributed by atoms with E-state index in [2.05, 4.69) is 5.32 Å². The summed E-state index contributed by atoms with van der Waals surface area (Å²) in [6.07, 6.45) is 4.69. The van der Waals surface area contributed by atoms with Gasteiger partial charge in [0.05, 0.1) is 11.3 Å². The smallest absolute Gasteiger partial charge is 0.310 e. The summed E-state index contributed by atoms with van der Waals surface area (Å²) in [6, 6.07) is 7.05. The third-order valence-electron chi connectivity index (χ3n) is 4.87. The molecule has 1 aliphatic rings. The molecule has 0 heterocycles. The summed E-state index contributed by atoms with van der Waals surface area (Å²) in [5.74, 6) is -1.36. The van der Waals surface area contributed by atoms with Crippen LogP contribution in [-0.4, -0.2) is 30.7 Å². The third-order valence-corrected chi connectivity index (χ3v) is 4.87. The highest BCUT2D eigenvalue weighted by Crippen LogP contribution is 2.42. The zero-order chi connectivity index (χ0) is 16.9. The summed E-state index contributed by atoms with van der Waals surface area (Å²) >= 11 is 0. The molecule has 1 unspecified atom stereocenters. The Labute approximate surface area is 137 Å². The average Bonchev–Trinajstić information content (AvgIpc) is 3.03. The number of nitrogens with one attached hydrogen (secondary N) is 1. The monoisotopic (exact) mass is 319 g/mol. The van der Waals surface area contributed by atoms with Gasteiger partial charge in [0.1, 0.15) is 0 Å². The molecule has 1 saturated carbocycles. The Hall–Kier alpha value is -1.88. The zero-order valence-electron chi connectivity index (χ0n) is 13.8. The fourth-order valence-corrected chi connectivity index (χ4v) is 3.20. The lowest BCUT2D eigenvalue weighted by Crippen LogP contribution is -2.34. The van der Waals surface area contributed by atoms with E-state index in [4.69, 9.17) is 9.84 Å². The quantitative estimate of drug-likeness (QED) is 0.807. The molecular formula is C18H25NO4. The summed E-state index contributed by atoms with van der Waals surface area (Å²) < 4.78 is 5.16. The van der Waals surface area contributed by atoms with Crippen LogP contribution in [0.4, 0.5) is 5.69 Å². The fourth-order valence-electron chi connectivity index (χ4n) is 3.20. The van der Waals surface area contributed by atoms with Gasteiger partial charge in [-0.3, -0.25) is 9.59 Å². The van der Waals surface area contributed by atoms with E-state index >= 15 is 0 Å². The van der Waals surface area contributed by atoms with Crippen molar-refractivity contribution in [2.45, 2.75) is 44.9 Å². The van der Waals surface area contributed by atoms with E-state index in [1.807, 2.05) is 0 Å². The Kier molecular flexibility index (Phi) is 5.77. The number of carboxylic acids is 1. The summed E-state index contributed by atoms with van der Waals surface area (Å²) in [5.41, 5.74) is 1.11. The number of ether oxygens (including phenoxy) is 1. The second kappa shape index (κ2) is 7.59. The number of carbonyl (C=O) groups is 2. The van der Waals surface area contributed by atoms with Gasteiger partial charge in [-0.1, -0.05) is 25.0 Å². The van der Waals surface area contributed by atoms with Crippen LogP contribution in [0.5, 0.6) is 0 Å². The second-order valence-electron chi connectivity index (χ2n) is 6.37. The van der Waals surface area contributed by atoms with Crippen LogP contribution in [0.2, 0.25) is 0 Å². The predicted octanol–water partition coefficient (Wildman–Crippen LogP) is 3.41. The first kappa shape index (κ1) is 17.5. The van der Waals surface area contributed by atoms with Crippen LogP contribution in [0.25, 0.3) is 0 Å². The number of rotatable bonds is 7. The van der Waals surface area contributed by atoms with Gasteiger partial charge in [0, 0.05) is 19.4 Å². The Morgan fingerprint density at radius 2 is 1.87 bits per heavy atom. The molecular weight excluding hydrogens is 294 g/mol. The largest absolute Gasteiger partial charge is 0.481 e. The van der Waals surface area contributed by atoms with Crippen molar-refractivity contribution >= 4 is 17.6 Å². The molecule has 2 rings (SSSR count). The molecule has 23 heavy (non-hydrogen) atoms. The van der Waals surface area contributed by atoms with Gasteiger partial charge in [-0.2, -0.15) is 0 Å². The summed E-state index contributed by atoms with van der Waals surface area (Å²) in [7, 11) is 1.66. The van der Waals surface area contributed by atoms with E-state index in [0.29, 0.717) is 12.3 Å². The SMILES string of the molecule is COCCC1(C(=O)Nc2ccc(C(C)C(=O)O)cc2)CCCC1. The number of benzene rings is 1. The van der Waals surface area contributed by atoms with Crippen molar-refractivity contribution in [3.05, 3.63) is 29.8 Å². The minimum Gasteiger partial charge on any atom is -0.481 e. The highest BCUT2D eigenvalue weighted by atomic mass is 16.5. The molecule has 0 bridgehead atoms. The summed E-state index contributed by atoms with van der Waals surface area (Å²) in [4.78, 5) is 23.7. The van der Waals surface area contributed by atoms with Gasteiger partial charge in [-0.15, -0.1) is 0 Å². The lowest BCUT2D eigenvalue weighted by Gasteiger charge is -2.27. The lowest BCUT2D eigenvalue weighted by atomic mass is 9.82. The number of methoxy groups -OCH3 is 1. The first-order chi connectivity index (χ1) is 11.0. The molecule has 5 heteroatoms. The van der Waals surface area contributed by atoms with E-state index < -0.39 is 11.9 Å². The molecule has 0 radical (unpaired) electrons. The van der Waals surface area contributed by atoms with Crippen molar-refractivity contribution in [1.82, 2.24) is 0 Å². The van der Waals surface area contributed by atoms with Crippen molar-refractivity contribution in [3.63, 3.8) is 0 Å². The normalized spacial score (nSPS) is 17.7. The number of hydrogen-bond acceptors (Lipinski definition) is 3. The fraction of sp³-hybridized carbons (Fsp3) is 0.556. The predicted molar refractivity (Wildman–Crippen MR) is 88.5 cm³/mol. The van der Waals surface area contributed by atoms with E-state index in [1.54, 1.807) is 38.3 Å². The van der Waals surface area contributed by atoms with E-state index in [1.165, 1.54) is 0 Å².